The van der Waals surface area contributed by atoms with E-state index >= 15 is 0 Å². The van der Waals surface area contributed by atoms with Crippen molar-refractivity contribution in [2.24, 2.45) is 0 Å². The zero-order chi connectivity index (χ0) is 27.2. The third-order valence-electron chi connectivity index (χ3n) is 7.29. The molecule has 1 atom stereocenters. The lowest BCUT2D eigenvalue weighted by Gasteiger charge is -2.32. The molecule has 0 fully saturated rings. The van der Waals surface area contributed by atoms with E-state index in [4.69, 9.17) is 9.47 Å². The normalized spacial score (nSPS) is 14.5. The minimum atomic E-state index is -0.259. The summed E-state index contributed by atoms with van der Waals surface area (Å²) < 4.78 is 11.5. The van der Waals surface area contributed by atoms with E-state index in [1.54, 1.807) is 13.3 Å². The first-order valence-corrected chi connectivity index (χ1v) is 13.6. The number of rotatable bonds is 9. The molecule has 0 saturated heterocycles. The van der Waals surface area contributed by atoms with Gasteiger partial charge in [-0.15, -0.1) is 0 Å². The third kappa shape index (κ3) is 6.11. The van der Waals surface area contributed by atoms with Crippen LogP contribution in [0.25, 0.3) is 0 Å². The van der Waals surface area contributed by atoms with Crippen molar-refractivity contribution in [3.05, 3.63) is 113 Å². The summed E-state index contributed by atoms with van der Waals surface area (Å²) in [5, 5.41) is 0. The Balaban J connectivity index is 1.44. The molecule has 0 bridgehead atoms. The molecule has 0 aliphatic heterocycles. The number of hydrogen-bond acceptors (Lipinski definition) is 5. The highest BCUT2D eigenvalue weighted by Crippen LogP contribution is 2.39. The van der Waals surface area contributed by atoms with Crippen LogP contribution in [-0.4, -0.2) is 23.0 Å². The van der Waals surface area contributed by atoms with E-state index in [1.807, 2.05) is 65.7 Å². The first kappa shape index (κ1) is 26.4. The number of methoxy groups -OCH3 is 1. The van der Waals surface area contributed by atoms with Crippen LogP contribution < -0.4 is 14.4 Å². The fourth-order valence-electron chi connectivity index (χ4n) is 5.13. The lowest BCUT2D eigenvalue weighted by atomic mass is 9.81. The zero-order valence-corrected chi connectivity index (χ0v) is 22.8. The van der Waals surface area contributed by atoms with Gasteiger partial charge in [-0.2, -0.15) is 0 Å². The van der Waals surface area contributed by atoms with E-state index in [9.17, 15) is 4.79 Å². The highest BCUT2D eigenvalue weighted by atomic mass is 16.5. The Labute approximate surface area is 230 Å². The molecule has 1 aliphatic carbocycles. The Morgan fingerprint density at radius 2 is 1.79 bits per heavy atom. The smallest absolute Gasteiger partial charge is 0.234 e. The molecule has 1 aliphatic rings. The number of carbonyl (C=O) groups is 1. The molecule has 0 saturated carbocycles. The van der Waals surface area contributed by atoms with E-state index in [-0.39, 0.29) is 11.8 Å². The first-order valence-electron chi connectivity index (χ1n) is 13.6. The third-order valence-corrected chi connectivity index (χ3v) is 7.29. The van der Waals surface area contributed by atoms with Gasteiger partial charge in [-0.05, 0) is 65.6 Å². The van der Waals surface area contributed by atoms with Crippen molar-refractivity contribution in [1.82, 2.24) is 9.97 Å². The fraction of sp³-hybridized carbons (Fsp3) is 0.303. The lowest BCUT2D eigenvalue weighted by molar-refractivity contribution is -0.120. The molecule has 5 rings (SSSR count). The molecule has 4 aromatic rings. The van der Waals surface area contributed by atoms with Gasteiger partial charge in [0.15, 0.2) is 0 Å². The number of amides is 1. The summed E-state index contributed by atoms with van der Waals surface area (Å²) in [5.74, 6) is 1.52. The zero-order valence-electron chi connectivity index (χ0n) is 22.8. The van der Waals surface area contributed by atoms with Crippen LogP contribution in [0.4, 0.5) is 5.69 Å². The van der Waals surface area contributed by atoms with Gasteiger partial charge in [0.2, 0.25) is 11.8 Å². The molecule has 2 heterocycles. The molecule has 1 amide bonds. The molecular weight excluding hydrogens is 486 g/mol. The Hall–Kier alpha value is -4.19. The van der Waals surface area contributed by atoms with Crippen LogP contribution in [0.1, 0.15) is 66.5 Å². The van der Waals surface area contributed by atoms with Crippen molar-refractivity contribution in [1.29, 1.82) is 0 Å². The number of pyridine rings is 2. The van der Waals surface area contributed by atoms with Crippen LogP contribution in [0, 0.1) is 0 Å². The van der Waals surface area contributed by atoms with Crippen LogP contribution in [0.2, 0.25) is 0 Å². The van der Waals surface area contributed by atoms with Crippen LogP contribution >= 0.6 is 0 Å². The summed E-state index contributed by atoms with van der Waals surface area (Å²) in [4.78, 5) is 25.2. The summed E-state index contributed by atoms with van der Waals surface area (Å²) in [5.41, 5.74) is 6.02. The molecule has 2 aromatic carbocycles. The maximum absolute atomic E-state index is 14.3. The second kappa shape index (κ2) is 12.1. The molecule has 2 aromatic heterocycles. The Morgan fingerprint density at radius 3 is 2.49 bits per heavy atom. The van der Waals surface area contributed by atoms with E-state index in [2.05, 4.69) is 42.0 Å². The van der Waals surface area contributed by atoms with Crippen molar-refractivity contribution in [3.8, 4) is 11.6 Å². The van der Waals surface area contributed by atoms with Crippen molar-refractivity contribution in [3.63, 3.8) is 0 Å². The highest BCUT2D eigenvalue weighted by Gasteiger charge is 2.32. The number of ether oxygens (including phenoxy) is 2. The Morgan fingerprint density at radius 1 is 0.949 bits per heavy atom. The average molecular weight is 522 g/mol. The van der Waals surface area contributed by atoms with Crippen molar-refractivity contribution < 1.29 is 14.3 Å². The SMILES string of the molecule is COc1ccc(CN(C(=O)C2CCCc3c(OCc4ccccc4)cccc32)c2ccc(C(C)C)nc2)cn1. The second-order valence-electron chi connectivity index (χ2n) is 10.3. The number of nitrogens with zero attached hydrogens (tertiary/aromatic N) is 3. The highest BCUT2D eigenvalue weighted by molar-refractivity contribution is 5.98. The van der Waals surface area contributed by atoms with Gasteiger partial charge in [0.05, 0.1) is 31.5 Å². The monoisotopic (exact) mass is 521 g/mol. The molecule has 0 N–H and O–H groups in total. The molecule has 39 heavy (non-hydrogen) atoms. The molecule has 0 spiro atoms. The Kier molecular flexibility index (Phi) is 8.21. The largest absolute Gasteiger partial charge is 0.489 e. The molecule has 200 valence electrons. The van der Waals surface area contributed by atoms with E-state index in [1.165, 1.54) is 0 Å². The van der Waals surface area contributed by atoms with Crippen molar-refractivity contribution >= 4 is 11.6 Å². The lowest BCUT2D eigenvalue weighted by Crippen LogP contribution is -2.36. The fourth-order valence-corrected chi connectivity index (χ4v) is 5.13. The molecule has 6 heteroatoms. The summed E-state index contributed by atoms with van der Waals surface area (Å²) >= 11 is 0. The minimum Gasteiger partial charge on any atom is -0.489 e. The van der Waals surface area contributed by atoms with Gasteiger partial charge in [0, 0.05) is 18.0 Å². The standard InChI is InChI=1S/C33H35N3O3/c1-23(2)30-17-16-26(20-34-30)36(21-25-15-18-32(38-3)35-19-25)33(37)29-13-7-12-28-27(29)11-8-14-31(28)39-22-24-9-5-4-6-10-24/h4-6,8-11,14-20,23,29H,7,12-13,21-22H2,1-3H3. The quantitative estimate of drug-likeness (QED) is 0.241. The van der Waals surface area contributed by atoms with Gasteiger partial charge in [0.1, 0.15) is 12.4 Å². The van der Waals surface area contributed by atoms with Gasteiger partial charge in [-0.3, -0.25) is 9.78 Å². The summed E-state index contributed by atoms with van der Waals surface area (Å²) in [7, 11) is 1.60. The predicted molar refractivity (Wildman–Crippen MR) is 153 cm³/mol. The van der Waals surface area contributed by atoms with E-state index < -0.39 is 0 Å². The molecule has 1 unspecified atom stereocenters. The number of hydrogen-bond donors (Lipinski definition) is 0. The Bertz CT molecular complexity index is 1390. The van der Waals surface area contributed by atoms with Crippen LogP contribution in [0.15, 0.2) is 85.2 Å². The van der Waals surface area contributed by atoms with Crippen molar-refractivity contribution in [2.75, 3.05) is 12.0 Å². The van der Waals surface area contributed by atoms with Crippen LogP contribution in [0.5, 0.6) is 11.6 Å². The minimum absolute atomic E-state index is 0.0612. The summed E-state index contributed by atoms with van der Waals surface area (Å²) in [6.07, 6.45) is 6.20. The number of fused-ring (bicyclic) bond motifs is 1. The number of aromatic nitrogens is 2. The molecule has 6 nitrogen and oxygen atoms in total. The second-order valence-corrected chi connectivity index (χ2v) is 10.3. The molecular formula is C33H35N3O3. The summed E-state index contributed by atoms with van der Waals surface area (Å²) in [6.45, 7) is 5.13. The maximum Gasteiger partial charge on any atom is 0.234 e. The first-order chi connectivity index (χ1) is 19.0. The van der Waals surface area contributed by atoms with Crippen LogP contribution in [0.3, 0.4) is 0 Å². The van der Waals surface area contributed by atoms with Gasteiger partial charge < -0.3 is 14.4 Å². The molecule has 0 radical (unpaired) electrons. The van der Waals surface area contributed by atoms with Crippen molar-refractivity contribution in [2.45, 2.75) is 58.1 Å². The topological polar surface area (TPSA) is 64.5 Å². The number of carbonyl (C=O) groups excluding carboxylic acids is 1. The van der Waals surface area contributed by atoms with Gasteiger partial charge in [0.25, 0.3) is 0 Å². The van der Waals surface area contributed by atoms with E-state index in [0.717, 1.165) is 58.6 Å². The number of benzene rings is 2. The van der Waals surface area contributed by atoms with Gasteiger partial charge in [-0.25, -0.2) is 4.98 Å². The maximum atomic E-state index is 14.3. The summed E-state index contributed by atoms with van der Waals surface area (Å²) in [6, 6.07) is 24.0. The number of anilines is 1. The predicted octanol–water partition coefficient (Wildman–Crippen LogP) is 6.84. The van der Waals surface area contributed by atoms with Gasteiger partial charge in [-0.1, -0.05) is 62.4 Å². The van der Waals surface area contributed by atoms with Crippen LogP contribution in [-0.2, 0) is 24.4 Å². The average Bonchev–Trinajstić information content (AvgIpc) is 2.99. The van der Waals surface area contributed by atoms with Gasteiger partial charge >= 0.3 is 0 Å². The van der Waals surface area contributed by atoms with E-state index in [0.29, 0.717) is 24.9 Å².